The summed E-state index contributed by atoms with van der Waals surface area (Å²) in [5.74, 6) is -0.977. The van der Waals surface area contributed by atoms with Crippen molar-refractivity contribution in [2.75, 3.05) is 12.4 Å². The van der Waals surface area contributed by atoms with Gasteiger partial charge in [-0.2, -0.15) is 0 Å². The van der Waals surface area contributed by atoms with Crippen molar-refractivity contribution < 1.29 is 22.3 Å². The molecule has 0 aliphatic carbocycles. The van der Waals surface area contributed by atoms with E-state index in [0.29, 0.717) is 18.0 Å². The highest BCUT2D eigenvalue weighted by atomic mass is 35.5. The number of hydrogen-bond acceptors (Lipinski definition) is 5. The molecular weight excluding hydrogens is 587 g/mol. The lowest BCUT2D eigenvalue weighted by Gasteiger charge is -2.14. The molecule has 226 valence electrons. The number of anilines is 1. The van der Waals surface area contributed by atoms with E-state index in [1.165, 1.54) is 33.1 Å². The molecule has 0 atom stereocenters. The molecule has 0 unspecified atom stereocenters. The molecule has 6 nitrogen and oxygen atoms in total. The fourth-order valence-corrected chi connectivity index (χ4v) is 6.06. The van der Waals surface area contributed by atoms with Gasteiger partial charge >= 0.3 is 0 Å². The molecule has 43 heavy (non-hydrogen) atoms. The molecule has 0 bridgehead atoms. The number of carbonyl (C=O) groups is 1. The number of carbonyl (C=O) groups excluding carboxylic acids is 1. The number of allylic oxidation sites excluding steroid dienone is 6. The number of para-hydroxylation sites is 1. The van der Waals surface area contributed by atoms with Crippen LogP contribution in [0.4, 0.5) is 10.1 Å². The standard InChI is InChI=1S/C34H36ClFN2O4S/c1-22(2)33(25(5)42-6)43(40,41)38-34(39)27-11-9-10-26(19-27)18-23(3)14-15-24(4)30-12-7-8-13-32(30)37-21-28-16-17-29(36)20-31(28)35/h7-17,19-20,37H,1,18,21H2,2-6H3,(H,38,39)/b23-14-,24-15+,33-25+. The van der Waals surface area contributed by atoms with Gasteiger partial charge in [-0.1, -0.05) is 72.3 Å². The van der Waals surface area contributed by atoms with E-state index in [-0.39, 0.29) is 27.6 Å². The van der Waals surface area contributed by atoms with Crippen LogP contribution in [0.1, 0.15) is 54.7 Å². The van der Waals surface area contributed by atoms with Crippen LogP contribution < -0.4 is 10.0 Å². The number of nitrogens with one attached hydrogen (secondary N) is 2. The van der Waals surface area contributed by atoms with Gasteiger partial charge in [0.15, 0.2) is 0 Å². The van der Waals surface area contributed by atoms with Crippen LogP contribution >= 0.6 is 11.6 Å². The zero-order valence-corrected chi connectivity index (χ0v) is 26.5. The summed E-state index contributed by atoms with van der Waals surface area (Å²) in [6.45, 7) is 11.2. The highest BCUT2D eigenvalue weighted by molar-refractivity contribution is 7.94. The molecule has 3 rings (SSSR count). The smallest absolute Gasteiger partial charge is 0.267 e. The first-order valence-electron chi connectivity index (χ1n) is 13.5. The first kappa shape index (κ1) is 33.4. The van der Waals surface area contributed by atoms with E-state index >= 15 is 0 Å². The fourth-order valence-electron chi connectivity index (χ4n) is 4.44. The normalized spacial score (nSPS) is 12.8. The zero-order valence-electron chi connectivity index (χ0n) is 24.9. The first-order valence-corrected chi connectivity index (χ1v) is 15.4. The summed E-state index contributed by atoms with van der Waals surface area (Å²) in [7, 11) is -2.82. The Balaban J connectivity index is 1.73. The molecule has 0 spiro atoms. The molecule has 1 amide bonds. The van der Waals surface area contributed by atoms with Crippen molar-refractivity contribution in [3.8, 4) is 0 Å². The summed E-state index contributed by atoms with van der Waals surface area (Å²) in [5, 5.41) is 3.76. The summed E-state index contributed by atoms with van der Waals surface area (Å²) >= 11 is 6.19. The zero-order chi connectivity index (χ0) is 31.7. The van der Waals surface area contributed by atoms with Crippen LogP contribution in [0.15, 0.2) is 107 Å². The average Bonchev–Trinajstić information content (AvgIpc) is 2.95. The molecule has 0 saturated carbocycles. The van der Waals surface area contributed by atoms with Crippen molar-refractivity contribution in [2.45, 2.75) is 40.7 Å². The fraction of sp³-hybridized carbons (Fsp3) is 0.206. The minimum atomic E-state index is -4.18. The summed E-state index contributed by atoms with van der Waals surface area (Å²) in [6, 6.07) is 19.1. The number of rotatable bonds is 12. The Morgan fingerprint density at radius 3 is 2.40 bits per heavy atom. The Labute approximate surface area is 258 Å². The summed E-state index contributed by atoms with van der Waals surface area (Å²) in [6.07, 6.45) is 4.59. The molecule has 0 fully saturated rings. The van der Waals surface area contributed by atoms with Gasteiger partial charge in [-0.05, 0) is 86.7 Å². The van der Waals surface area contributed by atoms with E-state index in [9.17, 15) is 17.6 Å². The van der Waals surface area contributed by atoms with E-state index in [2.05, 4.69) is 16.6 Å². The minimum Gasteiger partial charge on any atom is -0.500 e. The Hall–Kier alpha value is -4.14. The second kappa shape index (κ2) is 14.8. The molecule has 0 saturated heterocycles. The van der Waals surface area contributed by atoms with Gasteiger partial charge in [0.05, 0.1) is 7.11 Å². The number of halogens is 2. The number of ether oxygens (including phenoxy) is 1. The first-order chi connectivity index (χ1) is 20.3. The van der Waals surface area contributed by atoms with E-state index in [1.54, 1.807) is 24.3 Å². The summed E-state index contributed by atoms with van der Waals surface area (Å²) < 4.78 is 46.4. The van der Waals surface area contributed by atoms with Crippen LogP contribution in [0.3, 0.4) is 0 Å². The maximum absolute atomic E-state index is 13.4. The summed E-state index contributed by atoms with van der Waals surface area (Å²) in [4.78, 5) is 12.7. The van der Waals surface area contributed by atoms with Crippen LogP contribution in [-0.4, -0.2) is 21.4 Å². The molecule has 0 aliphatic heterocycles. The maximum Gasteiger partial charge on any atom is 0.267 e. The second-order valence-corrected chi connectivity index (χ2v) is 12.2. The molecule has 0 heterocycles. The van der Waals surface area contributed by atoms with Gasteiger partial charge in [0.25, 0.3) is 15.9 Å². The van der Waals surface area contributed by atoms with Crippen LogP contribution in [0.25, 0.3) is 5.57 Å². The predicted octanol–water partition coefficient (Wildman–Crippen LogP) is 8.20. The van der Waals surface area contributed by atoms with Crippen molar-refractivity contribution in [3.63, 3.8) is 0 Å². The monoisotopic (exact) mass is 622 g/mol. The van der Waals surface area contributed by atoms with Crippen molar-refractivity contribution in [1.82, 2.24) is 4.72 Å². The number of benzene rings is 3. The Kier molecular flexibility index (Phi) is 11.5. The lowest BCUT2D eigenvalue weighted by molar-refractivity contribution is 0.0981. The van der Waals surface area contributed by atoms with Crippen molar-refractivity contribution in [2.24, 2.45) is 0 Å². The van der Waals surface area contributed by atoms with Crippen molar-refractivity contribution in [1.29, 1.82) is 0 Å². The van der Waals surface area contributed by atoms with Crippen LogP contribution in [0.5, 0.6) is 0 Å². The number of methoxy groups -OCH3 is 1. The number of hydrogen-bond donors (Lipinski definition) is 2. The van der Waals surface area contributed by atoms with Gasteiger partial charge < -0.3 is 10.1 Å². The topological polar surface area (TPSA) is 84.5 Å². The highest BCUT2D eigenvalue weighted by Gasteiger charge is 2.25. The average molecular weight is 623 g/mol. The quantitative estimate of drug-likeness (QED) is 0.157. The minimum absolute atomic E-state index is 0.140. The van der Waals surface area contributed by atoms with Crippen molar-refractivity contribution in [3.05, 3.63) is 140 Å². The molecule has 0 radical (unpaired) electrons. The van der Waals surface area contributed by atoms with Crippen LogP contribution in [0, 0.1) is 5.82 Å². The molecule has 3 aromatic carbocycles. The molecule has 9 heteroatoms. The van der Waals surface area contributed by atoms with E-state index < -0.39 is 15.9 Å². The lowest BCUT2D eigenvalue weighted by atomic mass is 10.0. The second-order valence-electron chi connectivity index (χ2n) is 10.2. The third-order valence-corrected chi connectivity index (χ3v) is 8.61. The SMILES string of the molecule is C=C(C)/C(=C(/C)OC)S(=O)(=O)NC(=O)c1cccc(C/C(C)=C\C=C(/C)c2ccccc2NCc2ccc(F)cc2Cl)c1. The summed E-state index contributed by atoms with van der Waals surface area (Å²) in [5.41, 5.74) is 6.12. The van der Waals surface area contributed by atoms with E-state index in [1.807, 2.05) is 56.3 Å². The molecule has 3 aromatic rings. The highest BCUT2D eigenvalue weighted by Crippen LogP contribution is 2.26. The van der Waals surface area contributed by atoms with Gasteiger partial charge in [-0.3, -0.25) is 4.79 Å². The van der Waals surface area contributed by atoms with Gasteiger partial charge in [-0.25, -0.2) is 17.5 Å². The van der Waals surface area contributed by atoms with Gasteiger partial charge in [0.2, 0.25) is 0 Å². The third kappa shape index (κ3) is 9.17. The molecule has 2 N–H and O–H groups in total. The van der Waals surface area contributed by atoms with Gasteiger partial charge in [0.1, 0.15) is 16.5 Å². The van der Waals surface area contributed by atoms with Crippen molar-refractivity contribution >= 4 is 38.8 Å². The van der Waals surface area contributed by atoms with E-state index in [4.69, 9.17) is 16.3 Å². The lowest BCUT2D eigenvalue weighted by Crippen LogP contribution is -2.32. The van der Waals surface area contributed by atoms with Crippen LogP contribution in [0.2, 0.25) is 5.02 Å². The predicted molar refractivity (Wildman–Crippen MR) is 174 cm³/mol. The van der Waals surface area contributed by atoms with E-state index in [0.717, 1.165) is 33.5 Å². The third-order valence-electron chi connectivity index (χ3n) is 6.64. The Bertz CT molecular complexity index is 1730. The maximum atomic E-state index is 13.4. The number of amides is 1. The number of sulfonamides is 1. The Morgan fingerprint density at radius 1 is 1.00 bits per heavy atom. The molecule has 0 aliphatic rings. The molecular formula is C34H36ClFN2O4S. The molecule has 0 aromatic heterocycles. The largest absolute Gasteiger partial charge is 0.500 e. The van der Waals surface area contributed by atoms with Gasteiger partial charge in [-0.15, -0.1) is 0 Å². The Morgan fingerprint density at radius 2 is 1.72 bits per heavy atom. The van der Waals surface area contributed by atoms with Gasteiger partial charge in [0, 0.05) is 28.4 Å². The van der Waals surface area contributed by atoms with Crippen LogP contribution in [-0.2, 0) is 27.7 Å².